The molecule has 30 heavy (non-hydrogen) atoms. The first-order valence-electron chi connectivity index (χ1n) is 9.90. The van der Waals surface area contributed by atoms with E-state index < -0.39 is 11.7 Å². The highest BCUT2D eigenvalue weighted by Gasteiger charge is 2.33. The molecule has 0 aromatic heterocycles. The normalized spacial score (nSPS) is 18.6. The summed E-state index contributed by atoms with van der Waals surface area (Å²) in [5.41, 5.74) is 2.53. The van der Waals surface area contributed by atoms with E-state index in [1.54, 1.807) is 0 Å². The average molecular weight is 435 g/mol. The summed E-state index contributed by atoms with van der Waals surface area (Å²) in [6.45, 7) is 5.89. The van der Waals surface area contributed by atoms with E-state index in [4.69, 9.17) is 0 Å². The van der Waals surface area contributed by atoms with Crippen LogP contribution >= 0.6 is 11.8 Å². The van der Waals surface area contributed by atoms with E-state index in [9.17, 15) is 23.1 Å². The molecule has 0 aliphatic heterocycles. The van der Waals surface area contributed by atoms with Crippen molar-refractivity contribution < 1.29 is 23.1 Å². The highest BCUT2D eigenvalue weighted by molar-refractivity contribution is 7.99. The number of hydrogen-bond acceptors (Lipinski definition) is 3. The number of aliphatic hydroxyl groups is 1. The lowest BCUT2D eigenvalue weighted by atomic mass is 9.77. The van der Waals surface area contributed by atoms with Crippen molar-refractivity contribution in [1.82, 2.24) is 0 Å². The van der Waals surface area contributed by atoms with Gasteiger partial charge >= 0.3 is 6.18 Å². The Morgan fingerprint density at radius 1 is 1.07 bits per heavy atom. The van der Waals surface area contributed by atoms with Gasteiger partial charge in [0.15, 0.2) is 5.78 Å². The number of halogens is 3. The topological polar surface area (TPSA) is 37.3 Å². The maximum Gasteiger partial charge on any atom is 0.416 e. The molecule has 1 aliphatic carbocycles. The fourth-order valence-corrected chi connectivity index (χ4v) is 4.98. The molecule has 3 rings (SSSR count). The van der Waals surface area contributed by atoms with E-state index in [0.29, 0.717) is 24.2 Å². The van der Waals surface area contributed by atoms with Crippen LogP contribution in [0.4, 0.5) is 13.2 Å². The Morgan fingerprint density at radius 3 is 2.20 bits per heavy atom. The third-order valence-corrected chi connectivity index (χ3v) is 7.00. The highest BCUT2D eigenvalue weighted by atomic mass is 32.2. The number of alkyl halides is 3. The molecule has 2 aromatic rings. The molecule has 0 spiro atoms. The molecule has 0 heterocycles. The van der Waals surface area contributed by atoms with Crippen LogP contribution in [0, 0.1) is 25.7 Å². The standard InChI is InChI=1S/C24H25F3O2S/c1-14-5-4-6-15(2)22(14)23-20(28)11-17(12-21(23)29)16(3)13-30-19-9-7-18(8-10-19)24(25,26)27/h4-10,16-17,28H,11-13H2,1-3H3. The van der Waals surface area contributed by atoms with Crippen LogP contribution in [-0.4, -0.2) is 16.6 Å². The third kappa shape index (κ3) is 4.91. The molecule has 1 N–H and O–H groups in total. The van der Waals surface area contributed by atoms with Gasteiger partial charge in [0.05, 0.1) is 11.1 Å². The number of carbonyl (C=O) groups is 1. The second-order valence-electron chi connectivity index (χ2n) is 7.99. The molecule has 160 valence electrons. The van der Waals surface area contributed by atoms with Crippen LogP contribution in [0.3, 0.4) is 0 Å². The zero-order valence-corrected chi connectivity index (χ0v) is 18.0. The number of aryl methyl sites for hydroxylation is 2. The van der Waals surface area contributed by atoms with Crippen molar-refractivity contribution in [2.45, 2.75) is 44.7 Å². The number of carbonyl (C=O) groups excluding carboxylic acids is 1. The molecule has 0 saturated carbocycles. The zero-order chi connectivity index (χ0) is 22.1. The second-order valence-corrected chi connectivity index (χ2v) is 9.08. The summed E-state index contributed by atoms with van der Waals surface area (Å²) in [6.07, 6.45) is -3.54. The fourth-order valence-electron chi connectivity index (χ4n) is 3.92. The van der Waals surface area contributed by atoms with Gasteiger partial charge in [0.1, 0.15) is 5.76 Å². The van der Waals surface area contributed by atoms with E-state index in [-0.39, 0.29) is 23.4 Å². The van der Waals surface area contributed by atoms with Crippen molar-refractivity contribution in [3.05, 3.63) is 70.5 Å². The molecule has 0 saturated heterocycles. The van der Waals surface area contributed by atoms with Crippen LogP contribution in [0.15, 0.2) is 53.1 Å². The van der Waals surface area contributed by atoms with E-state index in [1.807, 2.05) is 39.0 Å². The molecule has 0 amide bonds. The molecule has 1 aliphatic rings. The van der Waals surface area contributed by atoms with E-state index in [2.05, 4.69) is 0 Å². The number of rotatable bonds is 5. The Labute approximate surface area is 179 Å². The molecular weight excluding hydrogens is 409 g/mol. The number of thioether (sulfide) groups is 1. The maximum absolute atomic E-state index is 12.9. The second kappa shape index (κ2) is 8.88. The van der Waals surface area contributed by atoms with Crippen LogP contribution in [-0.2, 0) is 11.0 Å². The van der Waals surface area contributed by atoms with Crippen molar-refractivity contribution in [3.8, 4) is 0 Å². The minimum atomic E-state index is -4.34. The Balaban J connectivity index is 1.68. The SMILES string of the molecule is Cc1cccc(C)c1C1=C(O)CC(C(C)CSc2ccc(C(F)(F)F)cc2)CC1=O. The molecule has 6 heteroatoms. The summed E-state index contributed by atoms with van der Waals surface area (Å²) in [4.78, 5) is 13.7. The van der Waals surface area contributed by atoms with Crippen LogP contribution in [0.25, 0.3) is 5.57 Å². The summed E-state index contributed by atoms with van der Waals surface area (Å²) >= 11 is 1.47. The van der Waals surface area contributed by atoms with E-state index in [1.165, 1.54) is 23.9 Å². The fraction of sp³-hybridized carbons (Fsp3) is 0.375. The van der Waals surface area contributed by atoms with Gasteiger partial charge in [-0.2, -0.15) is 13.2 Å². The van der Waals surface area contributed by atoms with Gasteiger partial charge in [0.2, 0.25) is 0 Å². The van der Waals surface area contributed by atoms with Crippen LogP contribution < -0.4 is 0 Å². The summed E-state index contributed by atoms with van der Waals surface area (Å²) in [5, 5.41) is 10.7. The molecule has 2 unspecified atom stereocenters. The first-order valence-corrected chi connectivity index (χ1v) is 10.9. The van der Waals surface area contributed by atoms with Crippen molar-refractivity contribution >= 4 is 23.1 Å². The molecule has 2 atom stereocenters. The van der Waals surface area contributed by atoms with Gasteiger partial charge in [-0.05, 0) is 66.6 Å². The van der Waals surface area contributed by atoms with Crippen molar-refractivity contribution in [3.63, 3.8) is 0 Å². The Hall–Kier alpha value is -2.21. The van der Waals surface area contributed by atoms with E-state index >= 15 is 0 Å². The summed E-state index contributed by atoms with van der Waals surface area (Å²) in [5.74, 6) is 0.887. The lowest BCUT2D eigenvalue weighted by molar-refractivity contribution is -0.137. The van der Waals surface area contributed by atoms with Gasteiger partial charge in [-0.3, -0.25) is 4.79 Å². The van der Waals surface area contributed by atoms with Crippen molar-refractivity contribution in [2.24, 2.45) is 11.8 Å². The predicted octanol–water partition coefficient (Wildman–Crippen LogP) is 7.00. The first-order chi connectivity index (χ1) is 14.1. The van der Waals surface area contributed by atoms with Gasteiger partial charge in [0.25, 0.3) is 0 Å². The lowest BCUT2D eigenvalue weighted by Crippen LogP contribution is -2.25. The third-order valence-electron chi connectivity index (χ3n) is 5.70. The van der Waals surface area contributed by atoms with Crippen LogP contribution in [0.2, 0.25) is 0 Å². The predicted molar refractivity (Wildman–Crippen MR) is 115 cm³/mol. The minimum Gasteiger partial charge on any atom is -0.512 e. The largest absolute Gasteiger partial charge is 0.512 e. The van der Waals surface area contributed by atoms with Gasteiger partial charge < -0.3 is 5.11 Å². The van der Waals surface area contributed by atoms with Gasteiger partial charge in [-0.15, -0.1) is 11.8 Å². The molecule has 2 nitrogen and oxygen atoms in total. The first kappa shape index (κ1) is 22.5. The Kier molecular flexibility index (Phi) is 6.65. The van der Waals surface area contributed by atoms with Crippen molar-refractivity contribution in [2.75, 3.05) is 5.75 Å². The lowest BCUT2D eigenvalue weighted by Gasteiger charge is -2.29. The number of allylic oxidation sites excluding steroid dienone is 2. The smallest absolute Gasteiger partial charge is 0.416 e. The Morgan fingerprint density at radius 2 is 1.67 bits per heavy atom. The zero-order valence-electron chi connectivity index (χ0n) is 17.2. The molecule has 0 fully saturated rings. The number of ketones is 1. The van der Waals surface area contributed by atoms with Gasteiger partial charge in [-0.25, -0.2) is 0 Å². The molecule has 0 radical (unpaired) electrons. The summed E-state index contributed by atoms with van der Waals surface area (Å²) in [7, 11) is 0. The summed E-state index contributed by atoms with van der Waals surface area (Å²) < 4.78 is 38.1. The van der Waals surface area contributed by atoms with Gasteiger partial charge in [0, 0.05) is 23.5 Å². The Bertz CT molecular complexity index is 941. The number of hydrogen-bond donors (Lipinski definition) is 1. The van der Waals surface area contributed by atoms with Crippen molar-refractivity contribution in [1.29, 1.82) is 0 Å². The maximum atomic E-state index is 12.9. The molecule has 2 aromatic carbocycles. The van der Waals surface area contributed by atoms with Gasteiger partial charge in [-0.1, -0.05) is 25.1 Å². The molecule has 0 bridgehead atoms. The van der Waals surface area contributed by atoms with E-state index in [0.717, 1.165) is 33.7 Å². The quantitative estimate of drug-likeness (QED) is 0.515. The minimum absolute atomic E-state index is 0.00697. The summed E-state index contributed by atoms with van der Waals surface area (Å²) in [6, 6.07) is 10.9. The van der Waals surface area contributed by atoms with Crippen LogP contribution in [0.5, 0.6) is 0 Å². The highest BCUT2D eigenvalue weighted by Crippen LogP contribution is 2.39. The average Bonchev–Trinajstić information content (AvgIpc) is 2.67. The number of benzene rings is 2. The number of aliphatic hydroxyl groups excluding tert-OH is 1. The number of Topliss-reactive ketones (excluding diaryl/α,β-unsaturated/α-hetero) is 1. The van der Waals surface area contributed by atoms with Crippen LogP contribution in [0.1, 0.15) is 42.0 Å². The monoisotopic (exact) mass is 434 g/mol. The molecular formula is C24H25F3O2S.